The summed E-state index contributed by atoms with van der Waals surface area (Å²) in [5.41, 5.74) is -0.933. The summed E-state index contributed by atoms with van der Waals surface area (Å²) in [6, 6.07) is 0. The highest BCUT2D eigenvalue weighted by atomic mass is 79.9. The van der Waals surface area contributed by atoms with Gasteiger partial charge in [0.2, 0.25) is 0 Å². The normalized spacial score (nSPS) is 13.7. The zero-order chi connectivity index (χ0) is 13.9. The summed E-state index contributed by atoms with van der Waals surface area (Å²) in [4.78, 5) is 5.03. The number of thiazole rings is 1. The lowest BCUT2D eigenvalue weighted by atomic mass is 10.3. The molecule has 2 N–H and O–H groups in total. The largest absolute Gasteiger partial charge is 0.435 e. The third kappa shape index (κ3) is 4.08. The smallest absolute Gasteiger partial charge is 0.390 e. The Kier molecular flexibility index (Phi) is 5.38. The van der Waals surface area contributed by atoms with Crippen LogP contribution in [0.2, 0.25) is 0 Å². The van der Waals surface area contributed by atoms with Crippen LogP contribution in [0.15, 0.2) is 3.79 Å². The van der Waals surface area contributed by atoms with Gasteiger partial charge in [-0.25, -0.2) is 4.98 Å². The van der Waals surface area contributed by atoms with Gasteiger partial charge in [-0.15, -0.1) is 0 Å². The second kappa shape index (κ2) is 6.18. The van der Waals surface area contributed by atoms with E-state index in [0.29, 0.717) is 6.54 Å². The first-order chi connectivity index (χ1) is 8.25. The van der Waals surface area contributed by atoms with Crippen molar-refractivity contribution in [1.29, 1.82) is 0 Å². The van der Waals surface area contributed by atoms with Crippen molar-refractivity contribution in [3.63, 3.8) is 0 Å². The van der Waals surface area contributed by atoms with Crippen LogP contribution < -0.4 is 10.2 Å². The number of aliphatic hydroxyl groups is 1. The monoisotopic (exact) mass is 347 g/mol. The number of aliphatic hydroxyl groups excluding tert-OH is 1. The molecule has 0 aliphatic carbocycles. The Labute approximate surface area is 115 Å². The van der Waals surface area contributed by atoms with E-state index in [9.17, 15) is 18.3 Å². The Morgan fingerprint density at radius 1 is 1.56 bits per heavy atom. The highest BCUT2D eigenvalue weighted by Crippen LogP contribution is 2.40. The lowest BCUT2D eigenvalue weighted by molar-refractivity contribution is -0.141. The molecule has 0 radical (unpaired) electrons. The number of hydrogen-bond acceptors (Lipinski definition) is 5. The molecule has 0 amide bonds. The van der Waals surface area contributed by atoms with Gasteiger partial charge in [-0.1, -0.05) is 11.3 Å². The van der Waals surface area contributed by atoms with Gasteiger partial charge in [0.15, 0.2) is 10.8 Å². The molecular formula is C9H13BrF3N3OS. The van der Waals surface area contributed by atoms with Crippen LogP contribution in [0.4, 0.5) is 18.3 Å². The van der Waals surface area contributed by atoms with E-state index < -0.39 is 18.0 Å². The summed E-state index contributed by atoms with van der Waals surface area (Å²) >= 11 is 3.74. The van der Waals surface area contributed by atoms with Crippen molar-refractivity contribution in [2.75, 3.05) is 32.1 Å². The quantitative estimate of drug-likeness (QED) is 0.854. The highest BCUT2D eigenvalue weighted by Gasteiger charge is 2.37. The summed E-state index contributed by atoms with van der Waals surface area (Å²) in [7, 11) is 3.27. The van der Waals surface area contributed by atoms with Gasteiger partial charge >= 0.3 is 6.18 Å². The molecule has 4 nitrogen and oxygen atoms in total. The van der Waals surface area contributed by atoms with Gasteiger partial charge in [0.25, 0.3) is 0 Å². The molecular weight excluding hydrogens is 335 g/mol. The lowest BCUT2D eigenvalue weighted by Crippen LogP contribution is -2.35. The maximum absolute atomic E-state index is 12.5. The van der Waals surface area contributed by atoms with Crippen LogP contribution >= 0.6 is 27.3 Å². The highest BCUT2D eigenvalue weighted by molar-refractivity contribution is 9.11. The van der Waals surface area contributed by atoms with Gasteiger partial charge in [-0.05, 0) is 23.0 Å². The molecule has 104 valence electrons. The topological polar surface area (TPSA) is 48.4 Å². The molecule has 0 aliphatic rings. The maximum atomic E-state index is 12.5. The van der Waals surface area contributed by atoms with Crippen LogP contribution in [0, 0.1) is 0 Å². The van der Waals surface area contributed by atoms with Gasteiger partial charge in [0, 0.05) is 20.1 Å². The predicted octanol–water partition coefficient (Wildman–Crippen LogP) is 1.94. The van der Waals surface area contributed by atoms with Crippen LogP contribution in [-0.2, 0) is 6.18 Å². The van der Waals surface area contributed by atoms with E-state index in [1.54, 1.807) is 14.1 Å². The van der Waals surface area contributed by atoms with Crippen molar-refractivity contribution in [3.05, 3.63) is 9.48 Å². The van der Waals surface area contributed by atoms with Crippen molar-refractivity contribution in [2.45, 2.75) is 12.3 Å². The van der Waals surface area contributed by atoms with Crippen molar-refractivity contribution in [1.82, 2.24) is 10.3 Å². The van der Waals surface area contributed by atoms with Crippen molar-refractivity contribution >= 4 is 32.4 Å². The molecule has 18 heavy (non-hydrogen) atoms. The number of alkyl halides is 3. The number of likely N-dealkylation sites (N-methyl/N-ethyl adjacent to an activating group) is 2. The van der Waals surface area contributed by atoms with Crippen LogP contribution in [0.1, 0.15) is 5.69 Å². The molecule has 1 heterocycles. The number of aromatic nitrogens is 1. The molecule has 0 aromatic carbocycles. The molecule has 1 rings (SSSR count). The second-order valence-electron chi connectivity index (χ2n) is 3.71. The fourth-order valence-corrected chi connectivity index (χ4v) is 2.86. The van der Waals surface area contributed by atoms with Crippen molar-refractivity contribution in [3.8, 4) is 0 Å². The summed E-state index contributed by atoms with van der Waals surface area (Å²) in [5, 5.41) is 12.6. The lowest BCUT2D eigenvalue weighted by Gasteiger charge is -2.19. The van der Waals surface area contributed by atoms with Gasteiger partial charge in [0.05, 0.1) is 6.10 Å². The standard InChI is InChI=1S/C9H13BrF3N3OS/c1-14-3-5(17)4-16(2)8-15-6(7(10)18-8)9(11,12)13/h5,14,17H,3-4H2,1-2H3. The summed E-state index contributed by atoms with van der Waals surface area (Å²) in [5.74, 6) is 0. The number of nitrogens with one attached hydrogen (secondary N) is 1. The fraction of sp³-hybridized carbons (Fsp3) is 0.667. The van der Waals surface area contributed by atoms with E-state index in [0.717, 1.165) is 11.3 Å². The van der Waals surface area contributed by atoms with Gasteiger partial charge in [-0.3, -0.25) is 0 Å². The molecule has 0 bridgehead atoms. The van der Waals surface area contributed by atoms with E-state index in [4.69, 9.17) is 0 Å². The zero-order valence-corrected chi connectivity index (χ0v) is 12.2. The van der Waals surface area contributed by atoms with E-state index in [1.807, 2.05) is 0 Å². The molecule has 9 heteroatoms. The number of hydrogen-bond donors (Lipinski definition) is 2. The number of anilines is 1. The number of halogens is 4. The minimum Gasteiger partial charge on any atom is -0.390 e. The molecule has 1 aromatic rings. The molecule has 1 aromatic heterocycles. The first-order valence-corrected chi connectivity index (χ1v) is 6.64. The Morgan fingerprint density at radius 2 is 2.17 bits per heavy atom. The van der Waals surface area contributed by atoms with Crippen molar-refractivity contribution in [2.24, 2.45) is 0 Å². The van der Waals surface area contributed by atoms with Crippen LogP contribution in [-0.4, -0.2) is 43.4 Å². The van der Waals surface area contributed by atoms with E-state index in [1.165, 1.54) is 4.90 Å². The minimum absolute atomic E-state index is 0.0556. The second-order valence-corrected chi connectivity index (χ2v) is 6.00. The number of nitrogens with zero attached hydrogens (tertiary/aromatic N) is 2. The van der Waals surface area contributed by atoms with Gasteiger partial charge < -0.3 is 15.3 Å². The van der Waals surface area contributed by atoms with Crippen molar-refractivity contribution < 1.29 is 18.3 Å². The van der Waals surface area contributed by atoms with E-state index in [-0.39, 0.29) is 15.5 Å². The molecule has 0 aliphatic heterocycles. The Morgan fingerprint density at radius 3 is 2.61 bits per heavy atom. The van der Waals surface area contributed by atoms with E-state index >= 15 is 0 Å². The Hall–Kier alpha value is -0.380. The Bertz CT molecular complexity index is 399. The average molecular weight is 348 g/mol. The third-order valence-corrected chi connectivity index (χ3v) is 3.91. The minimum atomic E-state index is -4.47. The van der Waals surface area contributed by atoms with E-state index in [2.05, 4.69) is 26.2 Å². The van der Waals surface area contributed by atoms with Crippen LogP contribution in [0.3, 0.4) is 0 Å². The fourth-order valence-electron chi connectivity index (χ4n) is 1.32. The summed E-state index contributed by atoms with van der Waals surface area (Å²) < 4.78 is 37.6. The predicted molar refractivity (Wildman–Crippen MR) is 68.0 cm³/mol. The molecule has 1 unspecified atom stereocenters. The van der Waals surface area contributed by atoms with Crippen LogP contribution in [0.25, 0.3) is 0 Å². The summed E-state index contributed by atoms with van der Waals surface area (Å²) in [6.45, 7) is 0.571. The first kappa shape index (κ1) is 15.7. The molecule has 0 saturated heterocycles. The number of rotatable bonds is 5. The molecule has 0 spiro atoms. The third-order valence-electron chi connectivity index (χ3n) is 2.09. The Balaban J connectivity index is 2.78. The molecule has 0 fully saturated rings. The maximum Gasteiger partial charge on any atom is 0.435 e. The van der Waals surface area contributed by atoms with Crippen LogP contribution in [0.5, 0.6) is 0 Å². The van der Waals surface area contributed by atoms with Gasteiger partial charge in [0.1, 0.15) is 3.79 Å². The SMILES string of the molecule is CNCC(O)CN(C)c1nc(C(F)(F)F)c(Br)s1. The average Bonchev–Trinajstić information content (AvgIpc) is 2.60. The van der Waals surface area contributed by atoms with Gasteiger partial charge in [-0.2, -0.15) is 13.2 Å². The summed E-state index contributed by atoms with van der Waals surface area (Å²) in [6.07, 6.45) is -5.14. The first-order valence-electron chi connectivity index (χ1n) is 5.03. The molecule has 1 atom stereocenters. The molecule has 0 saturated carbocycles. The zero-order valence-electron chi connectivity index (χ0n) is 9.75.